The quantitative estimate of drug-likeness (QED) is 0.833. The summed E-state index contributed by atoms with van der Waals surface area (Å²) in [5.41, 5.74) is 3.28. The average Bonchev–Trinajstić information content (AvgIpc) is 2.68. The van der Waals surface area contributed by atoms with Crippen molar-refractivity contribution in [3.05, 3.63) is 17.0 Å². The lowest BCUT2D eigenvalue weighted by Crippen LogP contribution is -2.52. The molecule has 1 saturated heterocycles. The zero-order valence-corrected chi connectivity index (χ0v) is 11.4. The van der Waals surface area contributed by atoms with E-state index in [2.05, 4.69) is 22.4 Å². The van der Waals surface area contributed by atoms with Crippen molar-refractivity contribution in [3.63, 3.8) is 0 Å². The first kappa shape index (κ1) is 13.1. The molecule has 1 amide bonds. The third-order valence-corrected chi connectivity index (χ3v) is 3.75. The highest BCUT2D eigenvalue weighted by molar-refractivity contribution is 5.77. The third kappa shape index (κ3) is 2.72. The van der Waals surface area contributed by atoms with Gasteiger partial charge in [-0.1, -0.05) is 0 Å². The van der Waals surface area contributed by atoms with Crippen LogP contribution in [0.15, 0.2) is 0 Å². The van der Waals surface area contributed by atoms with Gasteiger partial charge >= 0.3 is 0 Å². The van der Waals surface area contributed by atoms with Crippen LogP contribution in [0.4, 0.5) is 0 Å². The molecule has 0 aliphatic carbocycles. The van der Waals surface area contributed by atoms with Crippen molar-refractivity contribution in [1.82, 2.24) is 20.4 Å². The second kappa shape index (κ2) is 5.52. The van der Waals surface area contributed by atoms with Gasteiger partial charge in [-0.3, -0.25) is 9.89 Å². The number of nitrogens with zero attached hydrogens (tertiary/aromatic N) is 2. The molecule has 1 aromatic rings. The van der Waals surface area contributed by atoms with Crippen LogP contribution in [0.2, 0.25) is 0 Å². The molecule has 0 unspecified atom stereocenters. The van der Waals surface area contributed by atoms with Crippen molar-refractivity contribution in [2.24, 2.45) is 0 Å². The van der Waals surface area contributed by atoms with E-state index in [1.54, 1.807) is 0 Å². The Morgan fingerprint density at radius 1 is 1.50 bits per heavy atom. The van der Waals surface area contributed by atoms with Gasteiger partial charge in [0, 0.05) is 44.2 Å². The van der Waals surface area contributed by atoms with Crippen LogP contribution < -0.4 is 5.32 Å². The Hall–Kier alpha value is -1.36. The molecule has 1 aromatic heterocycles. The largest absolute Gasteiger partial charge is 0.337 e. The number of rotatable bonds is 3. The highest BCUT2D eigenvalue weighted by Gasteiger charge is 2.22. The van der Waals surface area contributed by atoms with Gasteiger partial charge in [-0.25, -0.2) is 0 Å². The number of piperazine rings is 1. The first-order valence-corrected chi connectivity index (χ1v) is 6.60. The summed E-state index contributed by atoms with van der Waals surface area (Å²) < 4.78 is 0. The standard InChI is InChI=1S/C13H22N4O/c1-9-8-14-6-7-17(9)13(18)5-4-12-10(2)11(3)15-16-12/h9,14H,4-8H2,1-3H3,(H,15,16)/t9-/m1/s1. The molecule has 0 aromatic carbocycles. The number of hydrogen-bond donors (Lipinski definition) is 2. The second-order valence-electron chi connectivity index (χ2n) is 5.06. The van der Waals surface area contributed by atoms with Gasteiger partial charge in [0.1, 0.15) is 0 Å². The molecule has 2 N–H and O–H groups in total. The Labute approximate surface area is 108 Å². The van der Waals surface area contributed by atoms with Crippen molar-refractivity contribution in [2.45, 2.75) is 39.7 Å². The molecule has 1 atom stereocenters. The van der Waals surface area contributed by atoms with Gasteiger partial charge in [-0.05, 0) is 26.3 Å². The number of aromatic amines is 1. The number of nitrogens with one attached hydrogen (secondary N) is 2. The average molecular weight is 250 g/mol. The third-order valence-electron chi connectivity index (χ3n) is 3.75. The normalized spacial score (nSPS) is 20.2. The van der Waals surface area contributed by atoms with Gasteiger partial charge in [0.25, 0.3) is 0 Å². The minimum absolute atomic E-state index is 0.240. The van der Waals surface area contributed by atoms with E-state index < -0.39 is 0 Å². The summed E-state index contributed by atoms with van der Waals surface area (Å²) in [5, 5.41) is 10.5. The van der Waals surface area contributed by atoms with Crippen LogP contribution in [-0.4, -0.2) is 46.7 Å². The Kier molecular flexibility index (Phi) is 4.01. The number of amides is 1. The van der Waals surface area contributed by atoms with E-state index in [9.17, 15) is 4.79 Å². The zero-order valence-electron chi connectivity index (χ0n) is 11.4. The summed E-state index contributed by atoms with van der Waals surface area (Å²) in [6.07, 6.45) is 1.28. The Morgan fingerprint density at radius 3 is 2.89 bits per heavy atom. The van der Waals surface area contributed by atoms with Gasteiger partial charge in [-0.15, -0.1) is 0 Å². The molecule has 0 radical (unpaired) electrons. The smallest absolute Gasteiger partial charge is 0.223 e. The zero-order chi connectivity index (χ0) is 13.1. The number of aromatic nitrogens is 2. The molecule has 100 valence electrons. The maximum Gasteiger partial charge on any atom is 0.223 e. The molecule has 18 heavy (non-hydrogen) atoms. The molecule has 0 bridgehead atoms. The maximum absolute atomic E-state index is 12.2. The second-order valence-corrected chi connectivity index (χ2v) is 5.06. The first-order chi connectivity index (χ1) is 8.59. The molecule has 1 aliphatic heterocycles. The number of carbonyl (C=O) groups excluding carboxylic acids is 1. The highest BCUT2D eigenvalue weighted by Crippen LogP contribution is 2.12. The molecule has 5 nitrogen and oxygen atoms in total. The molecule has 0 spiro atoms. The summed E-state index contributed by atoms with van der Waals surface area (Å²) in [4.78, 5) is 14.1. The SMILES string of the molecule is Cc1[nH]nc(CCC(=O)N2CCNC[C@H]2C)c1C. The van der Waals surface area contributed by atoms with Gasteiger partial charge in [-0.2, -0.15) is 5.10 Å². The minimum Gasteiger partial charge on any atom is -0.337 e. The number of hydrogen-bond acceptors (Lipinski definition) is 3. The van der Waals surface area contributed by atoms with E-state index in [0.29, 0.717) is 12.5 Å². The fourth-order valence-corrected chi connectivity index (χ4v) is 2.36. The summed E-state index contributed by atoms with van der Waals surface area (Å²) in [5.74, 6) is 0.240. The lowest BCUT2D eigenvalue weighted by Gasteiger charge is -2.34. The maximum atomic E-state index is 12.2. The predicted octanol–water partition coefficient (Wildman–Crippen LogP) is 0.779. The van der Waals surface area contributed by atoms with Gasteiger partial charge < -0.3 is 10.2 Å². The molecule has 2 heterocycles. The van der Waals surface area contributed by atoms with E-state index in [1.165, 1.54) is 5.56 Å². The van der Waals surface area contributed by atoms with Crippen molar-refractivity contribution in [3.8, 4) is 0 Å². The van der Waals surface area contributed by atoms with Crippen LogP contribution in [0.5, 0.6) is 0 Å². The summed E-state index contributed by atoms with van der Waals surface area (Å²) in [6, 6.07) is 0.299. The fraction of sp³-hybridized carbons (Fsp3) is 0.692. The predicted molar refractivity (Wildman–Crippen MR) is 70.4 cm³/mol. The number of H-pyrrole nitrogens is 1. The van der Waals surface area contributed by atoms with Crippen LogP contribution in [0.25, 0.3) is 0 Å². The minimum atomic E-state index is 0.240. The lowest BCUT2D eigenvalue weighted by molar-refractivity contribution is -0.133. The van der Waals surface area contributed by atoms with Crippen LogP contribution in [-0.2, 0) is 11.2 Å². The van der Waals surface area contributed by atoms with Gasteiger partial charge in [0.15, 0.2) is 0 Å². The van der Waals surface area contributed by atoms with E-state index in [1.807, 2.05) is 18.7 Å². The van der Waals surface area contributed by atoms with Gasteiger partial charge in [0.05, 0.1) is 5.69 Å². The number of aryl methyl sites for hydroxylation is 2. The monoisotopic (exact) mass is 250 g/mol. The van der Waals surface area contributed by atoms with Crippen LogP contribution in [0, 0.1) is 13.8 Å². The van der Waals surface area contributed by atoms with E-state index in [-0.39, 0.29) is 5.91 Å². The van der Waals surface area contributed by atoms with E-state index >= 15 is 0 Å². The number of carbonyl (C=O) groups is 1. The van der Waals surface area contributed by atoms with Crippen LogP contribution in [0.3, 0.4) is 0 Å². The van der Waals surface area contributed by atoms with Crippen molar-refractivity contribution < 1.29 is 4.79 Å². The molecule has 1 fully saturated rings. The Balaban J connectivity index is 1.90. The summed E-state index contributed by atoms with van der Waals surface area (Å²) in [6.45, 7) is 8.76. The van der Waals surface area contributed by atoms with Crippen LogP contribution >= 0.6 is 0 Å². The Morgan fingerprint density at radius 2 is 2.28 bits per heavy atom. The van der Waals surface area contributed by atoms with E-state index in [0.717, 1.165) is 37.4 Å². The molecule has 5 heteroatoms. The summed E-state index contributed by atoms with van der Waals surface area (Å²) >= 11 is 0. The highest BCUT2D eigenvalue weighted by atomic mass is 16.2. The fourth-order valence-electron chi connectivity index (χ4n) is 2.36. The van der Waals surface area contributed by atoms with Gasteiger partial charge in [0.2, 0.25) is 5.91 Å². The summed E-state index contributed by atoms with van der Waals surface area (Å²) in [7, 11) is 0. The lowest BCUT2D eigenvalue weighted by atomic mass is 10.1. The van der Waals surface area contributed by atoms with Crippen LogP contribution in [0.1, 0.15) is 30.3 Å². The molecular weight excluding hydrogens is 228 g/mol. The molecule has 1 aliphatic rings. The van der Waals surface area contributed by atoms with Crippen molar-refractivity contribution >= 4 is 5.91 Å². The van der Waals surface area contributed by atoms with E-state index in [4.69, 9.17) is 0 Å². The molecule has 0 saturated carbocycles. The molecule has 2 rings (SSSR count). The first-order valence-electron chi connectivity index (χ1n) is 6.60. The topological polar surface area (TPSA) is 61.0 Å². The van der Waals surface area contributed by atoms with Crippen molar-refractivity contribution in [1.29, 1.82) is 0 Å². The Bertz CT molecular complexity index is 427. The molecular formula is C13H22N4O. The van der Waals surface area contributed by atoms with Crippen molar-refractivity contribution in [2.75, 3.05) is 19.6 Å².